The summed E-state index contributed by atoms with van der Waals surface area (Å²) in [5.41, 5.74) is 3.09. The van der Waals surface area contributed by atoms with E-state index in [9.17, 15) is 9.59 Å². The zero-order valence-electron chi connectivity index (χ0n) is 18.1. The Kier molecular flexibility index (Phi) is 6.40. The van der Waals surface area contributed by atoms with Crippen LogP contribution in [0.3, 0.4) is 0 Å². The minimum absolute atomic E-state index is 0.0678. The molecule has 0 spiro atoms. The van der Waals surface area contributed by atoms with Gasteiger partial charge in [0.15, 0.2) is 17.3 Å². The van der Waals surface area contributed by atoms with Crippen molar-refractivity contribution in [1.29, 1.82) is 0 Å². The van der Waals surface area contributed by atoms with E-state index < -0.39 is 5.97 Å². The highest BCUT2D eigenvalue weighted by atomic mass is 16.6. The lowest BCUT2D eigenvalue weighted by Gasteiger charge is -2.18. The van der Waals surface area contributed by atoms with Gasteiger partial charge in [-0.05, 0) is 61.4 Å². The minimum Gasteiger partial charge on any atom is -0.490 e. The minimum atomic E-state index is -0.574. The van der Waals surface area contributed by atoms with Crippen LogP contribution in [0.2, 0.25) is 0 Å². The number of carbonyl (C=O) groups is 2. The number of esters is 1. The van der Waals surface area contributed by atoms with Gasteiger partial charge in [-0.2, -0.15) is 0 Å². The predicted molar refractivity (Wildman–Crippen MR) is 119 cm³/mol. The Morgan fingerprint density at radius 2 is 1.50 bits per heavy atom. The molecular formula is C26H24O6. The molecule has 0 atom stereocenters. The SMILES string of the molecule is Cc1cc(C)cc(OCCOC(=O)c2ccccc2C(=O)c2ccc3c(c2)OCCO3)c1. The van der Waals surface area contributed by atoms with Gasteiger partial charge in [0.05, 0.1) is 5.56 Å². The Bertz CT molecular complexity index is 1130. The van der Waals surface area contributed by atoms with Gasteiger partial charge >= 0.3 is 5.97 Å². The zero-order chi connectivity index (χ0) is 22.5. The van der Waals surface area contributed by atoms with Gasteiger partial charge in [-0.1, -0.05) is 24.3 Å². The largest absolute Gasteiger partial charge is 0.490 e. The molecular weight excluding hydrogens is 408 g/mol. The van der Waals surface area contributed by atoms with Gasteiger partial charge < -0.3 is 18.9 Å². The Balaban J connectivity index is 1.42. The molecule has 0 bridgehead atoms. The maximum atomic E-state index is 13.1. The summed E-state index contributed by atoms with van der Waals surface area (Å²) >= 11 is 0. The van der Waals surface area contributed by atoms with Gasteiger partial charge in [0, 0.05) is 11.1 Å². The van der Waals surface area contributed by atoms with Crippen LogP contribution in [0.4, 0.5) is 0 Å². The molecule has 0 radical (unpaired) electrons. The van der Waals surface area contributed by atoms with E-state index in [4.69, 9.17) is 18.9 Å². The zero-order valence-corrected chi connectivity index (χ0v) is 18.1. The van der Waals surface area contributed by atoms with E-state index in [1.165, 1.54) is 0 Å². The molecule has 0 unspecified atom stereocenters. The van der Waals surface area contributed by atoms with E-state index in [2.05, 4.69) is 6.07 Å². The highest BCUT2D eigenvalue weighted by Crippen LogP contribution is 2.31. The molecule has 32 heavy (non-hydrogen) atoms. The van der Waals surface area contributed by atoms with Crippen LogP contribution in [0, 0.1) is 13.8 Å². The van der Waals surface area contributed by atoms with E-state index in [-0.39, 0.29) is 30.1 Å². The van der Waals surface area contributed by atoms with Gasteiger partial charge in [-0.25, -0.2) is 4.79 Å². The van der Waals surface area contributed by atoms with Gasteiger partial charge in [0.25, 0.3) is 0 Å². The van der Waals surface area contributed by atoms with Gasteiger partial charge in [0.1, 0.15) is 32.2 Å². The number of carbonyl (C=O) groups excluding carboxylic acids is 2. The molecule has 0 N–H and O–H groups in total. The molecule has 0 saturated heterocycles. The lowest BCUT2D eigenvalue weighted by molar-refractivity contribution is 0.0448. The molecule has 1 aliphatic rings. The molecule has 6 heteroatoms. The summed E-state index contributed by atoms with van der Waals surface area (Å²) in [6.45, 7) is 5.18. The molecule has 6 nitrogen and oxygen atoms in total. The Labute approximate surface area is 186 Å². The average Bonchev–Trinajstić information content (AvgIpc) is 2.80. The quantitative estimate of drug-likeness (QED) is 0.310. The third-order valence-electron chi connectivity index (χ3n) is 4.98. The third-order valence-corrected chi connectivity index (χ3v) is 4.98. The van der Waals surface area contributed by atoms with Crippen molar-refractivity contribution in [3.8, 4) is 17.2 Å². The van der Waals surface area contributed by atoms with Gasteiger partial charge in [-0.15, -0.1) is 0 Å². The van der Waals surface area contributed by atoms with Crippen LogP contribution >= 0.6 is 0 Å². The third kappa shape index (κ3) is 4.91. The number of rotatable bonds is 7. The summed E-state index contributed by atoms with van der Waals surface area (Å²) < 4.78 is 22.1. The first-order valence-corrected chi connectivity index (χ1v) is 10.4. The lowest BCUT2D eigenvalue weighted by atomic mass is 9.98. The number of ketones is 1. The van der Waals surface area contributed by atoms with E-state index in [1.807, 2.05) is 26.0 Å². The Morgan fingerprint density at radius 1 is 0.812 bits per heavy atom. The average molecular weight is 432 g/mol. The van der Waals surface area contributed by atoms with Crippen molar-refractivity contribution < 1.29 is 28.5 Å². The van der Waals surface area contributed by atoms with Crippen molar-refractivity contribution in [2.45, 2.75) is 13.8 Å². The normalized spacial score (nSPS) is 12.2. The molecule has 1 aliphatic heterocycles. The number of hydrogen-bond acceptors (Lipinski definition) is 6. The maximum absolute atomic E-state index is 13.1. The van der Waals surface area contributed by atoms with Crippen LogP contribution in [-0.4, -0.2) is 38.2 Å². The van der Waals surface area contributed by atoms with E-state index in [0.717, 1.165) is 16.9 Å². The molecule has 164 valence electrons. The molecule has 3 aromatic carbocycles. The second-order valence-corrected chi connectivity index (χ2v) is 7.54. The predicted octanol–water partition coefficient (Wildman–Crippen LogP) is 4.54. The molecule has 0 amide bonds. The van der Waals surface area contributed by atoms with Crippen molar-refractivity contribution in [2.75, 3.05) is 26.4 Å². The second kappa shape index (κ2) is 9.56. The van der Waals surface area contributed by atoms with Gasteiger partial charge in [-0.3, -0.25) is 4.79 Å². The number of benzene rings is 3. The number of aryl methyl sites for hydroxylation is 2. The molecule has 0 saturated carbocycles. The first-order chi connectivity index (χ1) is 15.5. The summed E-state index contributed by atoms with van der Waals surface area (Å²) in [5, 5.41) is 0. The van der Waals surface area contributed by atoms with Crippen LogP contribution < -0.4 is 14.2 Å². The summed E-state index contributed by atoms with van der Waals surface area (Å²) in [6, 6.07) is 17.5. The fourth-order valence-corrected chi connectivity index (χ4v) is 3.59. The number of hydrogen-bond donors (Lipinski definition) is 0. The summed E-state index contributed by atoms with van der Waals surface area (Å²) in [4.78, 5) is 25.8. The molecule has 0 aliphatic carbocycles. The van der Waals surface area contributed by atoms with Crippen LogP contribution in [0.25, 0.3) is 0 Å². The van der Waals surface area contributed by atoms with Gasteiger partial charge in [0.2, 0.25) is 0 Å². The standard InChI is InChI=1S/C26H24O6/c1-17-13-18(2)15-20(14-17)29-9-12-32-26(28)22-6-4-3-5-21(22)25(27)19-7-8-23-24(16-19)31-11-10-30-23/h3-8,13-16H,9-12H2,1-2H3. The molecule has 1 heterocycles. The molecule has 3 aromatic rings. The number of fused-ring (bicyclic) bond motifs is 1. The van der Waals surface area contributed by atoms with E-state index >= 15 is 0 Å². The summed E-state index contributed by atoms with van der Waals surface area (Å²) in [7, 11) is 0. The maximum Gasteiger partial charge on any atom is 0.339 e. The monoisotopic (exact) mass is 432 g/mol. The van der Waals surface area contributed by atoms with E-state index in [0.29, 0.717) is 30.3 Å². The fourth-order valence-electron chi connectivity index (χ4n) is 3.59. The highest BCUT2D eigenvalue weighted by molar-refractivity contribution is 6.14. The number of ether oxygens (including phenoxy) is 4. The topological polar surface area (TPSA) is 71.1 Å². The lowest BCUT2D eigenvalue weighted by Crippen LogP contribution is -2.17. The molecule has 4 rings (SSSR count). The molecule has 0 fully saturated rings. The van der Waals surface area contributed by atoms with Crippen LogP contribution in [0.1, 0.15) is 37.4 Å². The first kappa shape index (κ1) is 21.4. The summed E-state index contributed by atoms with van der Waals surface area (Å²) in [6.07, 6.45) is 0. The van der Waals surface area contributed by atoms with Crippen molar-refractivity contribution in [3.05, 3.63) is 88.5 Å². The van der Waals surface area contributed by atoms with Crippen LogP contribution in [0.5, 0.6) is 17.2 Å². The summed E-state index contributed by atoms with van der Waals surface area (Å²) in [5.74, 6) is 0.985. The van der Waals surface area contributed by atoms with Crippen molar-refractivity contribution >= 4 is 11.8 Å². The van der Waals surface area contributed by atoms with Crippen molar-refractivity contribution in [2.24, 2.45) is 0 Å². The van der Waals surface area contributed by atoms with Crippen molar-refractivity contribution in [3.63, 3.8) is 0 Å². The smallest absolute Gasteiger partial charge is 0.339 e. The molecule has 0 aromatic heterocycles. The Morgan fingerprint density at radius 3 is 2.25 bits per heavy atom. The first-order valence-electron chi connectivity index (χ1n) is 10.4. The van der Waals surface area contributed by atoms with Crippen molar-refractivity contribution in [1.82, 2.24) is 0 Å². The van der Waals surface area contributed by atoms with E-state index in [1.54, 1.807) is 42.5 Å². The second-order valence-electron chi connectivity index (χ2n) is 7.54. The Hall–Kier alpha value is -3.80. The van der Waals surface area contributed by atoms with Crippen LogP contribution in [0.15, 0.2) is 60.7 Å². The highest BCUT2D eigenvalue weighted by Gasteiger charge is 2.21. The fraction of sp³-hybridized carbons (Fsp3) is 0.231. The van der Waals surface area contributed by atoms with Crippen LogP contribution in [-0.2, 0) is 4.74 Å².